The number of nitrogens with zero attached hydrogens (tertiary/aromatic N) is 2. The van der Waals surface area contributed by atoms with E-state index in [1.54, 1.807) is 30.3 Å². The number of aromatic nitrogens is 2. The van der Waals surface area contributed by atoms with E-state index in [4.69, 9.17) is 9.47 Å². The quantitative estimate of drug-likeness (QED) is 0.572. The topological polar surface area (TPSA) is 120 Å². The molecule has 0 fully saturated rings. The molecule has 156 valence electrons. The van der Waals surface area contributed by atoms with Gasteiger partial charge in [0.25, 0.3) is 5.56 Å². The molecule has 0 bridgehead atoms. The Hall–Kier alpha value is -3.88. The highest BCUT2D eigenvalue weighted by molar-refractivity contribution is 5.84. The van der Waals surface area contributed by atoms with Crippen molar-refractivity contribution >= 4 is 22.8 Å². The number of amides is 1. The van der Waals surface area contributed by atoms with E-state index in [-0.39, 0.29) is 18.4 Å². The molecule has 0 radical (unpaired) electrons. The fourth-order valence-electron chi connectivity index (χ4n) is 3.04. The van der Waals surface area contributed by atoms with Crippen LogP contribution in [0.3, 0.4) is 0 Å². The second-order valence-electron chi connectivity index (χ2n) is 6.55. The van der Waals surface area contributed by atoms with Gasteiger partial charge in [0, 0.05) is 12.5 Å². The summed E-state index contributed by atoms with van der Waals surface area (Å²) in [5, 5.41) is 12.1. The van der Waals surface area contributed by atoms with Gasteiger partial charge in [-0.3, -0.25) is 14.2 Å². The predicted molar refractivity (Wildman–Crippen MR) is 109 cm³/mol. The number of fused-ring (bicyclic) bond motifs is 1. The average molecular weight is 411 g/mol. The van der Waals surface area contributed by atoms with E-state index in [2.05, 4.69) is 10.3 Å². The van der Waals surface area contributed by atoms with Crippen molar-refractivity contribution in [3.05, 3.63) is 64.7 Å². The summed E-state index contributed by atoms with van der Waals surface area (Å²) in [7, 11) is 2.92. The minimum Gasteiger partial charge on any atom is -0.493 e. The molecule has 2 aromatic carbocycles. The van der Waals surface area contributed by atoms with Gasteiger partial charge in [0.05, 0.1) is 31.4 Å². The highest BCUT2D eigenvalue weighted by Gasteiger charge is 2.21. The zero-order valence-electron chi connectivity index (χ0n) is 16.5. The third-order valence-electron chi connectivity index (χ3n) is 4.56. The van der Waals surface area contributed by atoms with Crippen molar-refractivity contribution in [2.75, 3.05) is 14.2 Å². The van der Waals surface area contributed by atoms with Crippen molar-refractivity contribution in [3.63, 3.8) is 0 Å². The highest BCUT2D eigenvalue weighted by atomic mass is 16.5. The zero-order valence-corrected chi connectivity index (χ0v) is 16.5. The Morgan fingerprint density at radius 1 is 1.13 bits per heavy atom. The minimum absolute atomic E-state index is 0.129. The fraction of sp³-hybridized carbons (Fsp3) is 0.238. The lowest BCUT2D eigenvalue weighted by Gasteiger charge is -2.15. The van der Waals surface area contributed by atoms with Crippen molar-refractivity contribution in [1.82, 2.24) is 14.9 Å². The predicted octanol–water partition coefficient (Wildman–Crippen LogP) is 1.23. The summed E-state index contributed by atoms with van der Waals surface area (Å²) >= 11 is 0. The summed E-state index contributed by atoms with van der Waals surface area (Å²) in [4.78, 5) is 40.9. The lowest BCUT2D eigenvalue weighted by molar-refractivity contribution is -0.141. The Labute approximate surface area is 171 Å². The SMILES string of the molecule is COc1cc2ncn(CC(=O)NC(Cc3ccccc3)C(=O)O)c(=O)c2cc1OC. The first-order valence-corrected chi connectivity index (χ1v) is 9.10. The van der Waals surface area contributed by atoms with Gasteiger partial charge < -0.3 is 19.9 Å². The molecule has 3 aromatic rings. The molecule has 0 saturated carbocycles. The molecule has 0 aliphatic carbocycles. The summed E-state index contributed by atoms with van der Waals surface area (Å²) in [5.41, 5.74) is 0.712. The Morgan fingerprint density at radius 3 is 2.43 bits per heavy atom. The third kappa shape index (κ3) is 4.57. The summed E-state index contributed by atoms with van der Waals surface area (Å²) in [6.07, 6.45) is 1.37. The molecule has 0 aliphatic heterocycles. The van der Waals surface area contributed by atoms with Crippen LogP contribution in [-0.2, 0) is 22.6 Å². The maximum atomic E-state index is 12.8. The van der Waals surface area contributed by atoms with E-state index in [0.29, 0.717) is 17.0 Å². The van der Waals surface area contributed by atoms with Gasteiger partial charge in [0.1, 0.15) is 12.6 Å². The normalized spacial score (nSPS) is 11.7. The maximum absolute atomic E-state index is 12.8. The number of carbonyl (C=O) groups excluding carboxylic acids is 1. The van der Waals surface area contributed by atoms with Crippen LogP contribution >= 0.6 is 0 Å². The summed E-state index contributed by atoms with van der Waals surface area (Å²) < 4.78 is 11.5. The molecule has 1 atom stereocenters. The van der Waals surface area contributed by atoms with Crippen LogP contribution in [0.4, 0.5) is 0 Å². The number of methoxy groups -OCH3 is 2. The van der Waals surface area contributed by atoms with Gasteiger partial charge in [-0.2, -0.15) is 0 Å². The van der Waals surface area contributed by atoms with Crippen molar-refractivity contribution < 1.29 is 24.2 Å². The van der Waals surface area contributed by atoms with Crippen LogP contribution in [-0.4, -0.2) is 46.8 Å². The summed E-state index contributed by atoms with van der Waals surface area (Å²) in [6.45, 7) is -0.366. The van der Waals surface area contributed by atoms with E-state index < -0.39 is 23.5 Å². The molecule has 9 nitrogen and oxygen atoms in total. The van der Waals surface area contributed by atoms with Crippen LogP contribution in [0.1, 0.15) is 5.56 Å². The first kappa shape index (κ1) is 20.8. The van der Waals surface area contributed by atoms with Crippen molar-refractivity contribution in [3.8, 4) is 11.5 Å². The number of hydrogen-bond donors (Lipinski definition) is 2. The van der Waals surface area contributed by atoms with Crippen molar-refractivity contribution in [2.24, 2.45) is 0 Å². The summed E-state index contributed by atoms with van der Waals surface area (Å²) in [6, 6.07) is 10.9. The van der Waals surface area contributed by atoms with Gasteiger partial charge >= 0.3 is 5.97 Å². The molecule has 0 spiro atoms. The van der Waals surface area contributed by atoms with Crippen LogP contribution < -0.4 is 20.3 Å². The Kier molecular flexibility index (Phi) is 6.31. The molecule has 1 amide bonds. The number of carboxylic acid groups (broad SMARTS) is 1. The van der Waals surface area contributed by atoms with E-state index >= 15 is 0 Å². The standard InChI is InChI=1S/C21H21N3O6/c1-29-17-9-14-15(10-18(17)30-2)22-12-24(20(14)26)11-19(25)23-16(21(27)28)8-13-6-4-3-5-7-13/h3-7,9-10,12,16H,8,11H2,1-2H3,(H,23,25)(H,27,28). The van der Waals surface area contributed by atoms with Crippen LogP contribution in [0, 0.1) is 0 Å². The zero-order chi connectivity index (χ0) is 21.7. The molecule has 0 aliphatic rings. The largest absolute Gasteiger partial charge is 0.493 e. The molecular weight excluding hydrogens is 390 g/mol. The maximum Gasteiger partial charge on any atom is 0.326 e. The van der Waals surface area contributed by atoms with E-state index in [1.165, 1.54) is 26.6 Å². The molecule has 30 heavy (non-hydrogen) atoms. The Morgan fingerprint density at radius 2 is 1.80 bits per heavy atom. The monoisotopic (exact) mass is 411 g/mol. The number of nitrogens with one attached hydrogen (secondary N) is 1. The van der Waals surface area contributed by atoms with E-state index in [0.717, 1.165) is 10.1 Å². The van der Waals surface area contributed by atoms with Crippen LogP contribution in [0.15, 0.2) is 53.6 Å². The Bertz CT molecular complexity index is 1130. The average Bonchev–Trinajstić information content (AvgIpc) is 2.75. The molecular formula is C21H21N3O6. The van der Waals surface area contributed by atoms with Crippen LogP contribution in [0.2, 0.25) is 0 Å². The van der Waals surface area contributed by atoms with Gasteiger partial charge in [0.2, 0.25) is 5.91 Å². The smallest absolute Gasteiger partial charge is 0.326 e. The number of rotatable bonds is 8. The fourth-order valence-corrected chi connectivity index (χ4v) is 3.04. The molecule has 3 rings (SSSR count). The number of carbonyl (C=O) groups is 2. The number of benzene rings is 2. The minimum atomic E-state index is -1.16. The van der Waals surface area contributed by atoms with Crippen molar-refractivity contribution in [1.29, 1.82) is 0 Å². The van der Waals surface area contributed by atoms with Crippen LogP contribution in [0.5, 0.6) is 11.5 Å². The van der Waals surface area contributed by atoms with Crippen LogP contribution in [0.25, 0.3) is 10.9 Å². The van der Waals surface area contributed by atoms with Gasteiger partial charge in [-0.1, -0.05) is 30.3 Å². The van der Waals surface area contributed by atoms with E-state index in [9.17, 15) is 19.5 Å². The molecule has 1 unspecified atom stereocenters. The van der Waals surface area contributed by atoms with Gasteiger partial charge in [0.15, 0.2) is 11.5 Å². The molecule has 1 aromatic heterocycles. The third-order valence-corrected chi connectivity index (χ3v) is 4.56. The van der Waals surface area contributed by atoms with Gasteiger partial charge in [-0.05, 0) is 11.6 Å². The van der Waals surface area contributed by atoms with Crippen molar-refractivity contribution in [2.45, 2.75) is 19.0 Å². The first-order chi connectivity index (χ1) is 14.4. The highest BCUT2D eigenvalue weighted by Crippen LogP contribution is 2.29. The lowest BCUT2D eigenvalue weighted by Crippen LogP contribution is -2.44. The van der Waals surface area contributed by atoms with E-state index in [1.807, 2.05) is 6.07 Å². The molecule has 0 saturated heterocycles. The number of hydrogen-bond acceptors (Lipinski definition) is 6. The number of aliphatic carboxylic acids is 1. The van der Waals surface area contributed by atoms with Gasteiger partial charge in [-0.15, -0.1) is 0 Å². The second kappa shape index (κ2) is 9.08. The summed E-state index contributed by atoms with van der Waals surface area (Å²) in [5.74, 6) is -0.979. The number of carboxylic acids is 1. The first-order valence-electron chi connectivity index (χ1n) is 9.10. The lowest BCUT2D eigenvalue weighted by atomic mass is 10.1. The number of ether oxygens (including phenoxy) is 2. The van der Waals surface area contributed by atoms with Gasteiger partial charge in [-0.25, -0.2) is 9.78 Å². The Balaban J connectivity index is 1.80. The second-order valence-corrected chi connectivity index (χ2v) is 6.55. The molecule has 9 heteroatoms. The molecule has 2 N–H and O–H groups in total. The molecule has 1 heterocycles.